The van der Waals surface area contributed by atoms with Crippen LogP contribution >= 0.6 is 11.3 Å². The molecule has 0 amide bonds. The van der Waals surface area contributed by atoms with Crippen molar-refractivity contribution >= 4 is 119 Å². The fourth-order valence-electron chi connectivity index (χ4n) is 21.4. The topological polar surface area (TPSA) is 149 Å². The fraction of sp³-hybridized carbons (Fsp3) is 0.0229. The Bertz CT molecular complexity index is 9750. The first-order valence-electron chi connectivity index (χ1n) is 49.1. The number of rotatable bonds is 14. The van der Waals surface area contributed by atoms with Crippen molar-refractivity contribution in [3.05, 3.63) is 497 Å². The summed E-state index contributed by atoms with van der Waals surface area (Å²) in [6.07, 6.45) is 1.87. The number of nitrogens with zero attached hydrogens (tertiary/aromatic N) is 14. The van der Waals surface area contributed by atoms with Gasteiger partial charge in [-0.2, -0.15) is 0 Å². The van der Waals surface area contributed by atoms with E-state index in [0.717, 1.165) is 89.5 Å². The van der Waals surface area contributed by atoms with E-state index in [1.165, 1.54) is 124 Å². The summed E-state index contributed by atoms with van der Waals surface area (Å²) in [5.41, 5.74) is 28.9. The molecule has 0 atom stereocenters. The first-order chi connectivity index (χ1) is 72.2. The zero-order chi connectivity index (χ0) is 96.9. The lowest BCUT2D eigenvalue weighted by Gasteiger charge is -2.21. The summed E-state index contributed by atoms with van der Waals surface area (Å²) in [6, 6.07) is 167. The molecule has 0 spiro atoms. The molecule has 29 rings (SSSR count). The van der Waals surface area contributed by atoms with Gasteiger partial charge in [-0.1, -0.05) is 366 Å². The summed E-state index contributed by atoms with van der Waals surface area (Å²) in [4.78, 5) is 49.2. The van der Waals surface area contributed by atoms with Crippen LogP contribution in [-0.4, -0.2) is 68.1 Å². The maximum atomic E-state index is 5.05. The van der Waals surface area contributed by atoms with E-state index in [-0.39, 0.29) is 5.41 Å². The molecule has 146 heavy (non-hydrogen) atoms. The molecule has 0 saturated carbocycles. The molecule has 9 aromatic heterocycles. The van der Waals surface area contributed by atoms with Gasteiger partial charge in [-0.25, -0.2) is 49.8 Å². The average Bonchev–Trinajstić information content (AvgIpc) is 1.53. The Morgan fingerprint density at radius 3 is 0.973 bits per heavy atom. The van der Waals surface area contributed by atoms with Crippen LogP contribution in [0, 0.1) is 0 Å². The standard InChI is InChI=1S/C45H29N5.C44H27N5S.C42H30N4/c1-4-14-30(15-5-1)43-46-44(31-16-6-2-7-17-31)48-45(47-43)32-24-26-34(27-25-32)50-40-23-13-11-21-36(40)38-28-41-37(29-42(38)50)35-20-10-12-22-39(35)49(41)33-18-8-3-9-19-33;1-3-12-28(13-4-1)42-46-43(29-14-5-2-6-15-29)48-44(47-42)31-23-25-40(45-27-31)49-37-20-9-7-16-33(37)34-24-22-30(26-38(34)49)32-18-11-19-36-35-17-8-10-21-39(35)50-41(32)36;1-42(2)33-19-11-9-17-31(33)37-34(42)25-26-36-38(37)32-18-10-12-20-35(32)46(36)30-23-21-29(22-24-30)41-44-39(27-13-5-3-6-14-27)43-40(45-41)28-15-7-4-8-16-28/h1-29H;1-27H;3-26H,1-2H3. The van der Waals surface area contributed by atoms with Crippen LogP contribution in [0.15, 0.2) is 485 Å². The molecule has 9 heterocycles. The molecular formula is C131H86N14S. The van der Waals surface area contributed by atoms with Crippen molar-refractivity contribution < 1.29 is 0 Å². The molecule has 14 nitrogen and oxygen atoms in total. The van der Waals surface area contributed by atoms with E-state index in [2.05, 4.69) is 329 Å². The quantitative estimate of drug-likeness (QED) is 0.103. The van der Waals surface area contributed by atoms with Crippen molar-refractivity contribution in [3.8, 4) is 148 Å². The van der Waals surface area contributed by atoms with Crippen molar-refractivity contribution in [2.75, 3.05) is 0 Å². The van der Waals surface area contributed by atoms with Gasteiger partial charge in [-0.05, 0) is 161 Å². The zero-order valence-corrected chi connectivity index (χ0v) is 80.2. The van der Waals surface area contributed by atoms with E-state index < -0.39 is 0 Å². The van der Waals surface area contributed by atoms with E-state index in [1.807, 2.05) is 200 Å². The van der Waals surface area contributed by atoms with Gasteiger partial charge in [0.1, 0.15) is 5.82 Å². The Morgan fingerprint density at radius 1 is 0.199 bits per heavy atom. The smallest absolute Gasteiger partial charge is 0.165 e. The van der Waals surface area contributed by atoms with Crippen LogP contribution in [0.25, 0.3) is 255 Å². The Kier molecular flexibility index (Phi) is 21.1. The Hall–Kier alpha value is -19.2. The monoisotopic (exact) mass is 1890 g/mol. The van der Waals surface area contributed by atoms with Crippen molar-refractivity contribution in [2.24, 2.45) is 0 Å². The largest absolute Gasteiger partial charge is 0.309 e. The summed E-state index contributed by atoms with van der Waals surface area (Å²) in [5, 5.41) is 12.5. The molecule has 0 unspecified atom stereocenters. The van der Waals surface area contributed by atoms with E-state index in [4.69, 9.17) is 49.8 Å². The Balaban J connectivity index is 0.000000109. The van der Waals surface area contributed by atoms with Crippen LogP contribution in [0.2, 0.25) is 0 Å². The number of fused-ring (bicyclic) bond motifs is 19. The number of thiophene rings is 1. The molecule has 19 aromatic carbocycles. The predicted molar refractivity (Wildman–Crippen MR) is 599 cm³/mol. The number of para-hydroxylation sites is 5. The first kappa shape index (κ1) is 85.9. The predicted octanol–water partition coefficient (Wildman–Crippen LogP) is 32.7. The SMILES string of the molecule is CC1(C)c2ccccc2-c2c1ccc1c2c2ccccc2n1-c1ccc(-c2nc(-c3ccccc3)nc(-c3ccccc3)n2)cc1.c1ccc(-c2nc(-c3ccccc3)nc(-c3ccc(-n4c5ccccc5c5cc6c(cc54)c4ccccc4n6-c4ccccc4)cc3)n2)cc1.c1ccc(-c2nc(-c3ccccc3)nc(-c3ccc(-n4c5ccccc5c5ccc(-c6cccc7c6sc6ccccc67)cc54)nc3)n2)cc1. The van der Waals surface area contributed by atoms with Gasteiger partial charge >= 0.3 is 0 Å². The number of hydrogen-bond donors (Lipinski definition) is 0. The van der Waals surface area contributed by atoms with Crippen molar-refractivity contribution in [3.63, 3.8) is 0 Å². The van der Waals surface area contributed by atoms with Gasteiger partial charge in [0.25, 0.3) is 0 Å². The van der Waals surface area contributed by atoms with E-state index >= 15 is 0 Å². The zero-order valence-electron chi connectivity index (χ0n) is 79.4. The summed E-state index contributed by atoms with van der Waals surface area (Å²) in [7, 11) is 0. The highest BCUT2D eigenvalue weighted by molar-refractivity contribution is 7.26. The van der Waals surface area contributed by atoms with Gasteiger partial charge < -0.3 is 13.7 Å². The highest BCUT2D eigenvalue weighted by Crippen LogP contribution is 2.54. The second-order valence-electron chi connectivity index (χ2n) is 37.3. The van der Waals surface area contributed by atoms with E-state index in [9.17, 15) is 0 Å². The van der Waals surface area contributed by atoms with Gasteiger partial charge in [-0.3, -0.25) is 4.57 Å². The van der Waals surface area contributed by atoms with E-state index in [1.54, 1.807) is 0 Å². The lowest BCUT2D eigenvalue weighted by Crippen LogP contribution is -2.14. The van der Waals surface area contributed by atoms with Crippen LogP contribution in [-0.2, 0) is 5.41 Å². The van der Waals surface area contributed by atoms with Crippen LogP contribution in [0.5, 0.6) is 0 Å². The van der Waals surface area contributed by atoms with Crippen molar-refractivity contribution in [2.45, 2.75) is 19.3 Å². The summed E-state index contributed by atoms with van der Waals surface area (Å²) >= 11 is 1.86. The molecule has 15 heteroatoms. The molecule has 1 aliphatic rings. The molecular weight excluding hydrogens is 1800 g/mol. The average molecular weight is 1890 g/mol. The minimum absolute atomic E-state index is 0.0489. The lowest BCUT2D eigenvalue weighted by molar-refractivity contribution is 0.661. The third-order valence-corrected chi connectivity index (χ3v) is 29.6. The summed E-state index contributed by atoms with van der Waals surface area (Å²) < 4.78 is 12.0. The van der Waals surface area contributed by atoms with Crippen molar-refractivity contribution in [1.29, 1.82) is 0 Å². The van der Waals surface area contributed by atoms with Crippen LogP contribution < -0.4 is 0 Å². The highest BCUT2D eigenvalue weighted by Gasteiger charge is 2.38. The van der Waals surface area contributed by atoms with Gasteiger partial charge in [0.05, 0.1) is 44.1 Å². The number of pyridine rings is 1. The summed E-state index contributed by atoms with van der Waals surface area (Å²) in [5.74, 6) is 6.58. The van der Waals surface area contributed by atoms with Gasteiger partial charge in [0.15, 0.2) is 52.4 Å². The highest BCUT2D eigenvalue weighted by atomic mass is 32.1. The second kappa shape index (κ2) is 35.8. The van der Waals surface area contributed by atoms with Crippen LogP contribution in [0.1, 0.15) is 25.0 Å². The third-order valence-electron chi connectivity index (χ3n) is 28.4. The molecule has 0 N–H and O–H groups in total. The van der Waals surface area contributed by atoms with Crippen LogP contribution in [0.4, 0.5) is 0 Å². The minimum atomic E-state index is -0.0489. The molecule has 28 aromatic rings. The number of hydrogen-bond acceptors (Lipinski definition) is 11. The van der Waals surface area contributed by atoms with Gasteiger partial charge in [0, 0.05) is 142 Å². The Morgan fingerprint density at radius 2 is 0.521 bits per heavy atom. The van der Waals surface area contributed by atoms with Crippen LogP contribution in [0.3, 0.4) is 0 Å². The Labute approximate surface area is 844 Å². The lowest BCUT2D eigenvalue weighted by atomic mass is 9.82. The minimum Gasteiger partial charge on any atom is -0.309 e. The molecule has 0 bridgehead atoms. The van der Waals surface area contributed by atoms with E-state index in [0.29, 0.717) is 52.4 Å². The molecule has 686 valence electrons. The molecule has 1 aliphatic carbocycles. The molecule has 0 saturated heterocycles. The molecule has 0 radical (unpaired) electrons. The molecule has 0 aliphatic heterocycles. The second-order valence-corrected chi connectivity index (χ2v) is 38.4. The normalized spacial score (nSPS) is 12.1. The maximum absolute atomic E-state index is 5.05. The first-order valence-corrected chi connectivity index (χ1v) is 49.9. The maximum Gasteiger partial charge on any atom is 0.165 e. The summed E-state index contributed by atoms with van der Waals surface area (Å²) in [6.45, 7) is 4.68. The number of aromatic nitrogens is 14. The van der Waals surface area contributed by atoms with Crippen molar-refractivity contribution in [1.82, 2.24) is 68.1 Å². The number of benzene rings is 19. The molecule has 0 fully saturated rings. The van der Waals surface area contributed by atoms with Gasteiger partial charge in [0.2, 0.25) is 0 Å². The third kappa shape index (κ3) is 15.0. The fourth-order valence-corrected chi connectivity index (χ4v) is 22.7. The van der Waals surface area contributed by atoms with Gasteiger partial charge in [-0.15, -0.1) is 11.3 Å².